The van der Waals surface area contributed by atoms with Crippen molar-refractivity contribution < 1.29 is 4.79 Å². The second kappa shape index (κ2) is 6.20. The van der Waals surface area contributed by atoms with Crippen molar-refractivity contribution in [3.63, 3.8) is 0 Å². The number of carbonyl (C=O) groups is 1. The third-order valence-corrected chi connectivity index (χ3v) is 3.77. The van der Waals surface area contributed by atoms with Crippen LogP contribution in [-0.2, 0) is 4.79 Å². The molecule has 0 bridgehead atoms. The van der Waals surface area contributed by atoms with Crippen molar-refractivity contribution in [2.45, 2.75) is 6.04 Å². The number of nitrogens with two attached hydrogens (primary N) is 1. The number of aldehydes is 1. The fraction of sp³-hybridized carbons (Fsp3) is 0.0526. The van der Waals surface area contributed by atoms with Gasteiger partial charge < -0.3 is 15.4 Å². The van der Waals surface area contributed by atoms with Gasteiger partial charge in [-0.2, -0.15) is 5.26 Å². The fourth-order valence-electron chi connectivity index (χ4n) is 2.74. The average molecular weight is 301 g/mol. The molecule has 0 spiro atoms. The van der Waals surface area contributed by atoms with E-state index in [1.165, 1.54) is 0 Å². The summed E-state index contributed by atoms with van der Waals surface area (Å²) < 4.78 is 0. The zero-order chi connectivity index (χ0) is 16.2. The van der Waals surface area contributed by atoms with Gasteiger partial charge in [-0.05, 0) is 35.4 Å². The maximum atomic E-state index is 11.8. The van der Waals surface area contributed by atoms with E-state index in [0.29, 0.717) is 11.3 Å². The Bertz CT molecular complexity index is 831. The molecule has 0 fully saturated rings. The van der Waals surface area contributed by atoms with E-state index in [1.807, 2.05) is 47.4 Å². The van der Waals surface area contributed by atoms with Gasteiger partial charge in [0.1, 0.15) is 12.3 Å². The largest absolute Gasteiger partial charge is 0.398 e. The van der Waals surface area contributed by atoms with Crippen LogP contribution < -0.4 is 10.6 Å². The van der Waals surface area contributed by atoms with Crippen LogP contribution in [0.3, 0.4) is 0 Å². The minimum Gasteiger partial charge on any atom is -0.398 e. The molecular weight excluding hydrogens is 286 g/mol. The zero-order valence-corrected chi connectivity index (χ0v) is 12.4. The summed E-state index contributed by atoms with van der Waals surface area (Å²) in [5, 5.41) is 9.33. The molecule has 0 saturated heterocycles. The van der Waals surface area contributed by atoms with Gasteiger partial charge in [0.15, 0.2) is 0 Å². The van der Waals surface area contributed by atoms with Gasteiger partial charge in [-0.25, -0.2) is 0 Å². The number of carbonyl (C=O) groups excluding carboxylic acids is 1. The van der Waals surface area contributed by atoms with Crippen molar-refractivity contribution in [3.8, 4) is 6.07 Å². The van der Waals surface area contributed by atoms with Crippen LogP contribution in [0.25, 0.3) is 5.57 Å². The summed E-state index contributed by atoms with van der Waals surface area (Å²) in [6.07, 6.45) is 4.37. The molecule has 0 saturated carbocycles. The molecule has 0 amide bonds. The minimum absolute atomic E-state index is 0.522. The van der Waals surface area contributed by atoms with Gasteiger partial charge in [-0.15, -0.1) is 0 Å². The number of nitriles is 1. The predicted molar refractivity (Wildman–Crippen MR) is 90.2 cm³/mol. The molecule has 2 N–H and O–H groups in total. The normalized spacial score (nSPS) is 17.0. The van der Waals surface area contributed by atoms with Gasteiger partial charge in [0.2, 0.25) is 0 Å². The number of anilines is 1. The summed E-state index contributed by atoms with van der Waals surface area (Å²) in [7, 11) is 0. The van der Waals surface area contributed by atoms with Crippen LogP contribution in [-0.4, -0.2) is 12.3 Å². The Morgan fingerprint density at radius 2 is 1.78 bits per heavy atom. The van der Waals surface area contributed by atoms with E-state index in [9.17, 15) is 10.1 Å². The lowest BCUT2D eigenvalue weighted by molar-refractivity contribution is -0.107. The van der Waals surface area contributed by atoms with Crippen molar-refractivity contribution in [2.75, 3.05) is 4.90 Å². The van der Waals surface area contributed by atoms with Gasteiger partial charge in [-0.3, -0.25) is 0 Å². The van der Waals surface area contributed by atoms with Crippen LogP contribution in [0.2, 0.25) is 0 Å². The van der Waals surface area contributed by atoms with Gasteiger partial charge in [0.25, 0.3) is 0 Å². The first kappa shape index (κ1) is 14.6. The number of hydrogen-bond acceptors (Lipinski definition) is 4. The average Bonchev–Trinajstić information content (AvgIpc) is 2.61. The van der Waals surface area contributed by atoms with E-state index in [4.69, 9.17) is 5.73 Å². The molecule has 1 atom stereocenters. The van der Waals surface area contributed by atoms with Crippen molar-refractivity contribution in [2.24, 2.45) is 5.73 Å². The summed E-state index contributed by atoms with van der Waals surface area (Å²) >= 11 is 0. The molecule has 3 rings (SSSR count). The maximum absolute atomic E-state index is 11.8. The highest BCUT2D eigenvalue weighted by Gasteiger charge is 2.27. The minimum atomic E-state index is -0.529. The van der Waals surface area contributed by atoms with E-state index in [0.717, 1.165) is 23.1 Å². The second-order valence-electron chi connectivity index (χ2n) is 5.21. The first-order chi connectivity index (χ1) is 11.2. The molecule has 2 aromatic rings. The summed E-state index contributed by atoms with van der Waals surface area (Å²) in [4.78, 5) is 13.6. The molecule has 4 heteroatoms. The molecule has 1 unspecified atom stereocenters. The van der Waals surface area contributed by atoms with E-state index in [-0.39, 0.29) is 0 Å². The molecule has 0 radical (unpaired) electrons. The zero-order valence-electron chi connectivity index (χ0n) is 12.4. The Labute approximate surface area is 134 Å². The number of nitrogens with zero attached hydrogens (tertiary/aromatic N) is 2. The topological polar surface area (TPSA) is 70.1 Å². The lowest BCUT2D eigenvalue weighted by atomic mass is 9.91. The Balaban J connectivity index is 2.12. The summed E-state index contributed by atoms with van der Waals surface area (Å²) in [6, 6.07) is 18.4. The van der Waals surface area contributed by atoms with Gasteiger partial charge in [0, 0.05) is 17.6 Å². The van der Waals surface area contributed by atoms with Crippen LogP contribution in [0.15, 0.2) is 72.6 Å². The quantitative estimate of drug-likeness (QED) is 0.885. The Morgan fingerprint density at radius 1 is 1.09 bits per heavy atom. The Morgan fingerprint density at radius 3 is 2.48 bits per heavy atom. The summed E-state index contributed by atoms with van der Waals surface area (Å²) in [5.41, 5.74) is 9.42. The van der Waals surface area contributed by atoms with Crippen molar-refractivity contribution in [1.82, 2.24) is 0 Å². The van der Waals surface area contributed by atoms with Crippen LogP contribution >= 0.6 is 0 Å². The third-order valence-electron chi connectivity index (χ3n) is 3.77. The lowest BCUT2D eigenvalue weighted by Crippen LogP contribution is -2.36. The van der Waals surface area contributed by atoms with Crippen molar-refractivity contribution >= 4 is 17.5 Å². The third kappa shape index (κ3) is 2.72. The van der Waals surface area contributed by atoms with Crippen molar-refractivity contribution in [3.05, 3.63) is 83.7 Å². The first-order valence-electron chi connectivity index (χ1n) is 7.21. The predicted octanol–water partition coefficient (Wildman–Crippen LogP) is 2.83. The van der Waals surface area contributed by atoms with E-state index in [2.05, 4.69) is 6.07 Å². The molecule has 0 aromatic heterocycles. The van der Waals surface area contributed by atoms with E-state index >= 15 is 0 Å². The van der Waals surface area contributed by atoms with Crippen LogP contribution in [0.5, 0.6) is 0 Å². The highest BCUT2D eigenvalue weighted by Crippen LogP contribution is 2.32. The first-order valence-corrected chi connectivity index (χ1v) is 7.21. The van der Waals surface area contributed by atoms with Crippen LogP contribution in [0.1, 0.15) is 11.1 Å². The molecule has 23 heavy (non-hydrogen) atoms. The SMILES string of the molecule is N#Cc1ccccc1C1=CC(N)=CN(c2ccccc2)C1C=O. The van der Waals surface area contributed by atoms with Crippen LogP contribution in [0.4, 0.5) is 5.69 Å². The number of benzene rings is 2. The van der Waals surface area contributed by atoms with Crippen molar-refractivity contribution in [1.29, 1.82) is 5.26 Å². The fourth-order valence-corrected chi connectivity index (χ4v) is 2.74. The monoisotopic (exact) mass is 301 g/mol. The molecule has 4 nitrogen and oxygen atoms in total. The highest BCUT2D eigenvalue weighted by molar-refractivity contribution is 5.92. The maximum Gasteiger partial charge on any atom is 0.147 e. The molecule has 112 valence electrons. The smallest absolute Gasteiger partial charge is 0.147 e. The molecule has 0 aliphatic carbocycles. The Kier molecular flexibility index (Phi) is 3.94. The molecule has 1 heterocycles. The van der Waals surface area contributed by atoms with Gasteiger partial charge in [-0.1, -0.05) is 36.4 Å². The summed E-state index contributed by atoms with van der Waals surface area (Å²) in [6.45, 7) is 0. The Hall–Kier alpha value is -3.32. The number of para-hydroxylation sites is 1. The number of allylic oxidation sites excluding steroid dienone is 1. The number of rotatable bonds is 3. The summed E-state index contributed by atoms with van der Waals surface area (Å²) in [5.74, 6) is 0. The van der Waals surface area contributed by atoms with Gasteiger partial charge >= 0.3 is 0 Å². The standard InChI is InChI=1S/C19H15N3O/c20-11-14-6-4-5-9-17(14)18-10-15(21)12-22(19(18)13-23)16-7-2-1-3-8-16/h1-10,12-13,19H,21H2. The molecule has 2 aromatic carbocycles. The molecule has 1 aliphatic heterocycles. The van der Waals surface area contributed by atoms with E-state index in [1.54, 1.807) is 24.4 Å². The lowest BCUT2D eigenvalue weighted by Gasteiger charge is -2.32. The van der Waals surface area contributed by atoms with E-state index < -0.39 is 6.04 Å². The number of hydrogen-bond donors (Lipinski definition) is 1. The highest BCUT2D eigenvalue weighted by atomic mass is 16.1. The van der Waals surface area contributed by atoms with Gasteiger partial charge in [0.05, 0.1) is 11.6 Å². The van der Waals surface area contributed by atoms with Crippen LogP contribution in [0, 0.1) is 11.3 Å². The second-order valence-corrected chi connectivity index (χ2v) is 5.21. The molecular formula is C19H15N3O. The molecule has 1 aliphatic rings.